The lowest BCUT2D eigenvalue weighted by Crippen LogP contribution is -2.39. The Morgan fingerprint density at radius 1 is 1.36 bits per heavy atom. The van der Waals surface area contributed by atoms with E-state index in [4.69, 9.17) is 23.8 Å². The van der Waals surface area contributed by atoms with Crippen molar-refractivity contribution in [1.82, 2.24) is 4.90 Å². The van der Waals surface area contributed by atoms with E-state index < -0.39 is 9.84 Å². The van der Waals surface area contributed by atoms with Crippen LogP contribution >= 0.6 is 35.6 Å². The van der Waals surface area contributed by atoms with E-state index in [1.165, 1.54) is 16.7 Å². The van der Waals surface area contributed by atoms with Crippen LogP contribution in [-0.4, -0.2) is 41.1 Å². The summed E-state index contributed by atoms with van der Waals surface area (Å²) in [4.78, 5) is 14.5. The number of nitrogens with zero attached hydrogens (tertiary/aromatic N) is 1. The van der Waals surface area contributed by atoms with Gasteiger partial charge < -0.3 is 0 Å². The Hall–Kier alpha value is -0.890. The van der Waals surface area contributed by atoms with E-state index in [1.807, 2.05) is 18.2 Å². The smallest absolute Gasteiger partial charge is 0.266 e. The van der Waals surface area contributed by atoms with Crippen molar-refractivity contribution in [1.29, 1.82) is 0 Å². The fourth-order valence-electron chi connectivity index (χ4n) is 2.51. The molecule has 0 N–H and O–H groups in total. The molecule has 2 saturated heterocycles. The number of halogens is 1. The lowest BCUT2D eigenvalue weighted by molar-refractivity contribution is -0.123. The van der Waals surface area contributed by atoms with Crippen molar-refractivity contribution in [3.05, 3.63) is 39.8 Å². The third-order valence-electron chi connectivity index (χ3n) is 3.59. The number of hydrogen-bond donors (Lipinski definition) is 0. The zero-order valence-corrected chi connectivity index (χ0v) is 14.6. The third-order valence-corrected chi connectivity index (χ3v) is 7.01. The molecule has 4 nitrogen and oxygen atoms in total. The van der Waals surface area contributed by atoms with Gasteiger partial charge in [0.15, 0.2) is 9.84 Å². The average molecular weight is 374 g/mol. The Morgan fingerprint density at radius 2 is 2.09 bits per heavy atom. The molecule has 1 amide bonds. The van der Waals surface area contributed by atoms with Crippen LogP contribution in [0.25, 0.3) is 6.08 Å². The number of carbonyl (C=O) groups excluding carboxylic acids is 1. The van der Waals surface area contributed by atoms with Crippen LogP contribution in [0.2, 0.25) is 5.02 Å². The van der Waals surface area contributed by atoms with Crippen LogP contribution in [-0.2, 0) is 14.6 Å². The Kier molecular flexibility index (Phi) is 4.33. The van der Waals surface area contributed by atoms with Crippen LogP contribution < -0.4 is 0 Å². The maximum atomic E-state index is 12.5. The minimum Gasteiger partial charge on any atom is -0.289 e. The first-order chi connectivity index (χ1) is 10.4. The Labute approximate surface area is 143 Å². The van der Waals surface area contributed by atoms with Crippen LogP contribution in [0.5, 0.6) is 0 Å². The fourth-order valence-corrected chi connectivity index (χ4v) is 5.79. The summed E-state index contributed by atoms with van der Waals surface area (Å²) in [5.74, 6) is -0.145. The highest BCUT2D eigenvalue weighted by molar-refractivity contribution is 8.26. The zero-order chi connectivity index (χ0) is 15.9. The number of thioether (sulfide) groups is 1. The van der Waals surface area contributed by atoms with Crippen molar-refractivity contribution in [3.63, 3.8) is 0 Å². The van der Waals surface area contributed by atoms with Crippen molar-refractivity contribution < 1.29 is 13.2 Å². The van der Waals surface area contributed by atoms with E-state index in [9.17, 15) is 13.2 Å². The van der Waals surface area contributed by atoms with Gasteiger partial charge in [0, 0.05) is 5.02 Å². The van der Waals surface area contributed by atoms with Crippen LogP contribution in [0.4, 0.5) is 0 Å². The number of benzene rings is 1. The first-order valence-electron chi connectivity index (χ1n) is 6.59. The predicted molar refractivity (Wildman–Crippen MR) is 93.5 cm³/mol. The number of carbonyl (C=O) groups is 1. The number of rotatable bonds is 2. The molecular weight excluding hydrogens is 362 g/mol. The summed E-state index contributed by atoms with van der Waals surface area (Å²) in [5.41, 5.74) is 0.740. The van der Waals surface area contributed by atoms with Gasteiger partial charge in [-0.1, -0.05) is 53.8 Å². The van der Waals surface area contributed by atoms with E-state index in [1.54, 1.807) is 12.1 Å². The maximum Gasteiger partial charge on any atom is 0.266 e. The van der Waals surface area contributed by atoms with Crippen LogP contribution in [0.1, 0.15) is 12.0 Å². The largest absolute Gasteiger partial charge is 0.289 e. The van der Waals surface area contributed by atoms with Gasteiger partial charge in [-0.3, -0.25) is 9.69 Å². The molecule has 0 aromatic heterocycles. The standard InChI is InChI=1S/C14H12ClNO3S3/c15-11-4-2-1-3-9(11)7-12-13(17)16(14(20)21-12)10-5-6-22(18,19)8-10/h1-4,7,10H,5-6,8H2. The monoisotopic (exact) mass is 373 g/mol. The second kappa shape index (κ2) is 5.96. The molecule has 0 radical (unpaired) electrons. The molecule has 1 aromatic carbocycles. The summed E-state index contributed by atoms with van der Waals surface area (Å²) in [6.07, 6.45) is 2.14. The van der Waals surface area contributed by atoms with Gasteiger partial charge in [-0.15, -0.1) is 0 Å². The average Bonchev–Trinajstić information content (AvgIpc) is 2.92. The molecule has 0 aliphatic carbocycles. The van der Waals surface area contributed by atoms with Crippen LogP contribution in [0.3, 0.4) is 0 Å². The highest BCUT2D eigenvalue weighted by Crippen LogP contribution is 2.36. The SMILES string of the molecule is O=C1C(=Cc2ccccc2Cl)SC(=S)N1C1CCS(=O)(=O)C1. The molecular formula is C14H12ClNO3S3. The lowest BCUT2D eigenvalue weighted by Gasteiger charge is -2.20. The highest BCUT2D eigenvalue weighted by Gasteiger charge is 2.42. The highest BCUT2D eigenvalue weighted by atomic mass is 35.5. The molecule has 2 aliphatic heterocycles. The van der Waals surface area contributed by atoms with Gasteiger partial charge in [0.2, 0.25) is 0 Å². The summed E-state index contributed by atoms with van der Waals surface area (Å²) in [6.45, 7) is 0. The minimum atomic E-state index is -3.07. The molecule has 2 aliphatic rings. The maximum absolute atomic E-state index is 12.5. The summed E-state index contributed by atoms with van der Waals surface area (Å²) < 4.78 is 23.6. The van der Waals surface area contributed by atoms with Crippen molar-refractivity contribution >= 4 is 61.7 Å². The Bertz CT molecular complexity index is 788. The molecule has 3 rings (SSSR count). The number of sulfone groups is 1. The first kappa shape index (κ1) is 16.0. The third kappa shape index (κ3) is 3.08. The molecule has 2 fully saturated rings. The molecule has 1 aromatic rings. The van der Waals surface area contributed by atoms with Gasteiger partial charge in [0.1, 0.15) is 4.32 Å². The van der Waals surface area contributed by atoms with Crippen molar-refractivity contribution in [3.8, 4) is 0 Å². The molecule has 8 heteroatoms. The number of hydrogen-bond acceptors (Lipinski definition) is 5. The van der Waals surface area contributed by atoms with Gasteiger partial charge in [0.25, 0.3) is 5.91 Å². The molecule has 0 spiro atoms. The minimum absolute atomic E-state index is 0.0151. The quantitative estimate of drug-likeness (QED) is 0.589. The van der Waals surface area contributed by atoms with E-state index >= 15 is 0 Å². The van der Waals surface area contributed by atoms with E-state index in [-0.39, 0.29) is 23.5 Å². The molecule has 116 valence electrons. The topological polar surface area (TPSA) is 54.5 Å². The molecule has 1 unspecified atom stereocenters. The van der Waals surface area contributed by atoms with Gasteiger partial charge >= 0.3 is 0 Å². The molecule has 0 saturated carbocycles. The molecule has 1 atom stereocenters. The van der Waals surface area contributed by atoms with E-state index in [0.717, 1.165) is 5.56 Å². The number of amides is 1. The van der Waals surface area contributed by atoms with E-state index in [0.29, 0.717) is 20.7 Å². The molecule has 22 heavy (non-hydrogen) atoms. The Balaban J connectivity index is 1.88. The van der Waals surface area contributed by atoms with Crippen molar-refractivity contribution in [2.45, 2.75) is 12.5 Å². The predicted octanol–water partition coefficient (Wildman–Crippen LogP) is 2.73. The Morgan fingerprint density at radius 3 is 2.73 bits per heavy atom. The van der Waals surface area contributed by atoms with Crippen LogP contribution in [0, 0.1) is 0 Å². The second-order valence-corrected chi connectivity index (χ2v) is 9.44. The van der Waals surface area contributed by atoms with Gasteiger partial charge in [0.05, 0.1) is 22.5 Å². The van der Waals surface area contributed by atoms with Gasteiger partial charge in [-0.2, -0.15) is 0 Å². The van der Waals surface area contributed by atoms with Gasteiger partial charge in [-0.05, 0) is 24.1 Å². The summed E-state index contributed by atoms with van der Waals surface area (Å²) in [7, 11) is -3.07. The van der Waals surface area contributed by atoms with Gasteiger partial charge in [-0.25, -0.2) is 8.42 Å². The fraction of sp³-hybridized carbons (Fsp3) is 0.286. The first-order valence-corrected chi connectivity index (χ1v) is 10.0. The summed E-state index contributed by atoms with van der Waals surface area (Å²) in [6, 6.07) is 6.86. The van der Waals surface area contributed by atoms with Crippen molar-refractivity contribution in [2.24, 2.45) is 0 Å². The van der Waals surface area contributed by atoms with E-state index in [2.05, 4.69) is 0 Å². The van der Waals surface area contributed by atoms with Crippen molar-refractivity contribution in [2.75, 3.05) is 11.5 Å². The normalized spacial score (nSPS) is 26.1. The second-order valence-electron chi connectivity index (χ2n) is 5.13. The lowest BCUT2D eigenvalue weighted by atomic mass is 10.2. The summed E-state index contributed by atoms with van der Waals surface area (Å²) >= 11 is 12.5. The zero-order valence-electron chi connectivity index (χ0n) is 11.4. The number of thiocarbonyl (C=S) groups is 1. The molecule has 2 heterocycles. The summed E-state index contributed by atoms with van der Waals surface area (Å²) in [5, 5.41) is 0.552. The van der Waals surface area contributed by atoms with Crippen LogP contribution in [0.15, 0.2) is 29.2 Å². The molecule has 0 bridgehead atoms.